The molecule has 0 radical (unpaired) electrons. The van der Waals surface area contributed by atoms with Gasteiger partial charge in [-0.3, -0.25) is 4.79 Å². The van der Waals surface area contributed by atoms with Gasteiger partial charge in [-0.15, -0.1) is 11.3 Å². The van der Waals surface area contributed by atoms with E-state index in [1.165, 1.54) is 17.4 Å². The first-order valence-corrected chi connectivity index (χ1v) is 8.92. The zero-order valence-electron chi connectivity index (χ0n) is 14.1. The second kappa shape index (κ2) is 6.84. The number of aryl methyl sites for hydroxylation is 1. The fourth-order valence-electron chi connectivity index (χ4n) is 2.96. The van der Waals surface area contributed by atoms with Gasteiger partial charge in [-0.2, -0.15) is 0 Å². The van der Waals surface area contributed by atoms with Crippen molar-refractivity contribution < 1.29 is 13.9 Å². The number of amidine groups is 1. The number of benzene rings is 1. The summed E-state index contributed by atoms with van der Waals surface area (Å²) in [4.78, 5) is 18.0. The predicted octanol–water partition coefficient (Wildman–Crippen LogP) is 3.79. The topological polar surface area (TPSA) is 76.7 Å². The van der Waals surface area contributed by atoms with Gasteiger partial charge in [0, 0.05) is 29.1 Å². The van der Waals surface area contributed by atoms with Crippen LogP contribution in [0.25, 0.3) is 0 Å². The summed E-state index contributed by atoms with van der Waals surface area (Å²) < 4.78 is 20.2. The molecule has 7 heteroatoms. The maximum Gasteiger partial charge on any atom is 0.282 e. The zero-order valence-corrected chi connectivity index (χ0v) is 15.0. The summed E-state index contributed by atoms with van der Waals surface area (Å²) in [6.07, 6.45) is 1.07. The molecule has 1 aliphatic heterocycles. The summed E-state index contributed by atoms with van der Waals surface area (Å²) in [5.74, 6) is -0.603. The standard InChI is InChI=1S/C18H20FN3O2S/c1-3-18(8-9-21-17(20)24-18)13-10-12(5-6-14(13)19)22-16(23)15-7-4-11(2)25-15/h4-7,10H,3,8-9H2,1-2H3,(H2,20,21)(H,22,23)/t18-/m0/s1. The van der Waals surface area contributed by atoms with Crippen molar-refractivity contribution in [3.63, 3.8) is 0 Å². The minimum absolute atomic E-state index is 0.0657. The molecule has 1 amide bonds. The molecule has 0 fully saturated rings. The minimum Gasteiger partial charge on any atom is -0.454 e. The van der Waals surface area contributed by atoms with Crippen LogP contribution in [0.5, 0.6) is 0 Å². The molecule has 3 N–H and O–H groups in total. The van der Waals surface area contributed by atoms with Crippen LogP contribution in [0.15, 0.2) is 35.3 Å². The Bertz CT molecular complexity index is 833. The first-order valence-electron chi connectivity index (χ1n) is 8.10. The fraction of sp³-hybridized carbons (Fsp3) is 0.333. The number of hydrogen-bond donors (Lipinski definition) is 2. The summed E-state index contributed by atoms with van der Waals surface area (Å²) in [7, 11) is 0. The molecular weight excluding hydrogens is 341 g/mol. The molecule has 25 heavy (non-hydrogen) atoms. The van der Waals surface area contributed by atoms with Gasteiger partial charge in [-0.25, -0.2) is 9.38 Å². The molecule has 0 bridgehead atoms. The Hall–Kier alpha value is -2.41. The Morgan fingerprint density at radius 1 is 1.44 bits per heavy atom. The van der Waals surface area contributed by atoms with Crippen molar-refractivity contribution in [2.24, 2.45) is 10.7 Å². The van der Waals surface area contributed by atoms with Crippen LogP contribution in [0.2, 0.25) is 0 Å². The number of amides is 1. The molecule has 1 atom stereocenters. The van der Waals surface area contributed by atoms with Gasteiger partial charge in [-0.05, 0) is 43.7 Å². The van der Waals surface area contributed by atoms with Crippen LogP contribution in [0.3, 0.4) is 0 Å². The first kappa shape index (κ1) is 17.4. The molecule has 5 nitrogen and oxygen atoms in total. The van der Waals surface area contributed by atoms with E-state index in [9.17, 15) is 9.18 Å². The monoisotopic (exact) mass is 361 g/mol. The lowest BCUT2D eigenvalue weighted by Crippen LogP contribution is -2.40. The Kier molecular flexibility index (Phi) is 4.76. The van der Waals surface area contributed by atoms with Crippen LogP contribution in [-0.4, -0.2) is 18.5 Å². The van der Waals surface area contributed by atoms with Gasteiger partial charge in [0.1, 0.15) is 11.4 Å². The number of carbonyl (C=O) groups is 1. The highest BCUT2D eigenvalue weighted by molar-refractivity contribution is 7.14. The van der Waals surface area contributed by atoms with E-state index >= 15 is 0 Å². The van der Waals surface area contributed by atoms with Gasteiger partial charge >= 0.3 is 0 Å². The number of nitrogens with zero attached hydrogens (tertiary/aromatic N) is 1. The summed E-state index contributed by atoms with van der Waals surface area (Å²) >= 11 is 1.41. The third kappa shape index (κ3) is 3.51. The third-order valence-corrected chi connectivity index (χ3v) is 5.33. The van der Waals surface area contributed by atoms with E-state index in [0.717, 1.165) is 4.88 Å². The number of hydrogen-bond acceptors (Lipinski definition) is 5. The molecule has 1 aliphatic rings. The van der Waals surface area contributed by atoms with Crippen LogP contribution in [-0.2, 0) is 10.3 Å². The number of carbonyl (C=O) groups excluding carboxylic acids is 1. The van der Waals surface area contributed by atoms with Crippen LogP contribution in [0, 0.1) is 12.7 Å². The van der Waals surface area contributed by atoms with Crippen molar-refractivity contribution in [2.75, 3.05) is 11.9 Å². The second-order valence-electron chi connectivity index (χ2n) is 5.98. The summed E-state index contributed by atoms with van der Waals surface area (Å²) in [6, 6.07) is 8.23. The Morgan fingerprint density at radius 2 is 2.24 bits per heavy atom. The van der Waals surface area contributed by atoms with E-state index < -0.39 is 5.60 Å². The number of nitrogens with two attached hydrogens (primary N) is 1. The van der Waals surface area contributed by atoms with Crippen molar-refractivity contribution in [3.8, 4) is 0 Å². The van der Waals surface area contributed by atoms with Crippen LogP contribution in [0.1, 0.15) is 39.9 Å². The fourth-order valence-corrected chi connectivity index (χ4v) is 3.72. The number of thiophene rings is 1. The average molecular weight is 361 g/mol. The number of aliphatic imine (C=N–C) groups is 1. The maximum absolute atomic E-state index is 14.5. The third-order valence-electron chi connectivity index (χ3n) is 4.33. The van der Waals surface area contributed by atoms with Gasteiger partial charge in [-0.1, -0.05) is 6.92 Å². The average Bonchev–Trinajstić information content (AvgIpc) is 3.03. The molecule has 2 heterocycles. The lowest BCUT2D eigenvalue weighted by atomic mass is 9.86. The molecule has 1 aromatic carbocycles. The molecule has 0 spiro atoms. The zero-order chi connectivity index (χ0) is 18.0. The molecule has 0 aliphatic carbocycles. The molecule has 132 valence electrons. The summed E-state index contributed by atoms with van der Waals surface area (Å²) in [5.41, 5.74) is 5.74. The normalized spacial score (nSPS) is 19.9. The van der Waals surface area contributed by atoms with Crippen molar-refractivity contribution in [1.82, 2.24) is 0 Å². The highest BCUT2D eigenvalue weighted by Crippen LogP contribution is 2.38. The van der Waals surface area contributed by atoms with Crippen molar-refractivity contribution >= 4 is 29.0 Å². The highest BCUT2D eigenvalue weighted by Gasteiger charge is 2.38. The van der Waals surface area contributed by atoms with Gasteiger partial charge in [0.2, 0.25) is 0 Å². The van der Waals surface area contributed by atoms with E-state index in [4.69, 9.17) is 10.5 Å². The number of anilines is 1. The Morgan fingerprint density at radius 3 is 2.88 bits per heavy atom. The van der Waals surface area contributed by atoms with E-state index in [1.54, 1.807) is 18.2 Å². The highest BCUT2D eigenvalue weighted by atomic mass is 32.1. The van der Waals surface area contributed by atoms with Gasteiger partial charge in [0.15, 0.2) is 0 Å². The largest absolute Gasteiger partial charge is 0.454 e. The smallest absolute Gasteiger partial charge is 0.282 e. The number of rotatable bonds is 4. The summed E-state index contributed by atoms with van der Waals surface area (Å²) in [5, 5.41) is 2.82. The molecule has 0 unspecified atom stereocenters. The minimum atomic E-state index is -0.865. The predicted molar refractivity (Wildman–Crippen MR) is 97.6 cm³/mol. The molecule has 1 aromatic heterocycles. The molecule has 0 saturated heterocycles. The lowest BCUT2D eigenvalue weighted by Gasteiger charge is -2.36. The van der Waals surface area contributed by atoms with Crippen LogP contribution >= 0.6 is 11.3 Å². The summed E-state index contributed by atoms with van der Waals surface area (Å²) in [6.45, 7) is 4.33. The second-order valence-corrected chi connectivity index (χ2v) is 7.27. The molecular formula is C18H20FN3O2S. The van der Waals surface area contributed by atoms with Gasteiger partial charge in [0.25, 0.3) is 11.9 Å². The number of halogens is 1. The van der Waals surface area contributed by atoms with Crippen LogP contribution in [0.4, 0.5) is 10.1 Å². The van der Waals surface area contributed by atoms with E-state index in [1.807, 2.05) is 19.9 Å². The molecule has 0 saturated carbocycles. The molecule has 3 rings (SSSR count). The van der Waals surface area contributed by atoms with Gasteiger partial charge in [0.05, 0.1) is 4.88 Å². The maximum atomic E-state index is 14.5. The number of ether oxygens (including phenoxy) is 1. The quantitative estimate of drug-likeness (QED) is 0.870. The van der Waals surface area contributed by atoms with Gasteiger partial charge < -0.3 is 15.8 Å². The number of nitrogens with one attached hydrogen (secondary N) is 1. The van der Waals surface area contributed by atoms with Crippen molar-refractivity contribution in [2.45, 2.75) is 32.3 Å². The van der Waals surface area contributed by atoms with E-state index in [-0.39, 0.29) is 17.7 Å². The SMILES string of the molecule is CC[C@@]1(c2cc(NC(=O)c3ccc(C)s3)ccc2F)CCN=C(N)O1. The van der Waals surface area contributed by atoms with Crippen LogP contribution < -0.4 is 11.1 Å². The lowest BCUT2D eigenvalue weighted by molar-refractivity contribution is 0.0248. The Balaban J connectivity index is 1.90. The first-order chi connectivity index (χ1) is 11.9. The van der Waals surface area contributed by atoms with Crippen molar-refractivity contribution in [1.29, 1.82) is 0 Å². The van der Waals surface area contributed by atoms with E-state index in [0.29, 0.717) is 35.5 Å². The molecule has 2 aromatic rings. The Labute approximate surface area is 149 Å². The van der Waals surface area contributed by atoms with Crippen molar-refractivity contribution in [3.05, 3.63) is 51.5 Å². The van der Waals surface area contributed by atoms with E-state index in [2.05, 4.69) is 10.3 Å².